The number of carbonyl (C=O) groups is 1. The summed E-state index contributed by atoms with van der Waals surface area (Å²) in [7, 11) is 0. The smallest absolute Gasteiger partial charge is 0.273 e. The van der Waals surface area contributed by atoms with Crippen molar-refractivity contribution in [3.63, 3.8) is 0 Å². The van der Waals surface area contributed by atoms with Gasteiger partial charge in [0.15, 0.2) is 5.69 Å². The summed E-state index contributed by atoms with van der Waals surface area (Å²) >= 11 is 3.55. The minimum absolute atomic E-state index is 0.150. The fourth-order valence-corrected chi connectivity index (χ4v) is 2.51. The van der Waals surface area contributed by atoms with Gasteiger partial charge in [0.1, 0.15) is 5.76 Å². The molecule has 0 aliphatic heterocycles. The van der Waals surface area contributed by atoms with Gasteiger partial charge >= 0.3 is 0 Å². The van der Waals surface area contributed by atoms with Gasteiger partial charge in [-0.3, -0.25) is 4.79 Å². The van der Waals surface area contributed by atoms with E-state index in [1.54, 1.807) is 13.0 Å². The molecule has 15 heavy (non-hydrogen) atoms. The van der Waals surface area contributed by atoms with Gasteiger partial charge in [-0.2, -0.15) is 0 Å². The number of carbonyl (C=O) groups excluding carboxylic acids is 1. The molecule has 1 aliphatic carbocycles. The Balaban J connectivity index is 1.97. The van der Waals surface area contributed by atoms with Crippen molar-refractivity contribution in [3.8, 4) is 0 Å². The van der Waals surface area contributed by atoms with Crippen LogP contribution in [0.1, 0.15) is 35.5 Å². The van der Waals surface area contributed by atoms with E-state index < -0.39 is 0 Å². The van der Waals surface area contributed by atoms with Crippen LogP contribution in [0.4, 0.5) is 0 Å². The molecule has 2 unspecified atom stereocenters. The molecule has 0 aromatic carbocycles. The van der Waals surface area contributed by atoms with E-state index >= 15 is 0 Å². The van der Waals surface area contributed by atoms with E-state index in [0.717, 1.165) is 19.3 Å². The minimum atomic E-state index is -0.150. The Morgan fingerprint density at radius 3 is 3.00 bits per heavy atom. The van der Waals surface area contributed by atoms with Crippen molar-refractivity contribution >= 4 is 21.8 Å². The van der Waals surface area contributed by atoms with Crippen molar-refractivity contribution in [2.45, 2.75) is 37.1 Å². The van der Waals surface area contributed by atoms with Crippen molar-refractivity contribution in [2.24, 2.45) is 0 Å². The highest BCUT2D eigenvalue weighted by molar-refractivity contribution is 9.09. The van der Waals surface area contributed by atoms with Crippen LogP contribution in [0.3, 0.4) is 0 Å². The van der Waals surface area contributed by atoms with Crippen LogP contribution in [0, 0.1) is 6.92 Å². The minimum Gasteiger partial charge on any atom is -0.361 e. The maximum atomic E-state index is 11.7. The molecular weight excluding hydrogens is 260 g/mol. The molecule has 0 spiro atoms. The Kier molecular flexibility index (Phi) is 3.09. The normalized spacial score (nSPS) is 25.5. The number of nitrogens with one attached hydrogen (secondary N) is 1. The Morgan fingerprint density at radius 1 is 1.67 bits per heavy atom. The summed E-state index contributed by atoms with van der Waals surface area (Å²) in [5, 5.41) is 6.63. The van der Waals surface area contributed by atoms with E-state index in [-0.39, 0.29) is 11.9 Å². The molecule has 1 amide bonds. The lowest BCUT2D eigenvalue weighted by molar-refractivity contribution is 0.0930. The van der Waals surface area contributed by atoms with Gasteiger partial charge in [0.25, 0.3) is 5.91 Å². The van der Waals surface area contributed by atoms with E-state index in [9.17, 15) is 4.79 Å². The van der Waals surface area contributed by atoms with Gasteiger partial charge in [0, 0.05) is 16.9 Å². The number of halogens is 1. The predicted octanol–water partition coefficient (Wildman–Crippen LogP) is 2.03. The molecule has 2 rings (SSSR count). The summed E-state index contributed by atoms with van der Waals surface area (Å²) in [6.45, 7) is 1.77. The quantitative estimate of drug-likeness (QED) is 0.839. The Bertz CT molecular complexity index is 364. The highest BCUT2D eigenvalue weighted by atomic mass is 79.9. The average Bonchev–Trinajstić information content (AvgIpc) is 2.77. The first-order chi connectivity index (χ1) is 7.16. The lowest BCUT2D eigenvalue weighted by Gasteiger charge is -2.14. The van der Waals surface area contributed by atoms with Crippen molar-refractivity contribution in [3.05, 3.63) is 17.5 Å². The summed E-state index contributed by atoms with van der Waals surface area (Å²) in [5.74, 6) is 0.505. The molecule has 0 bridgehead atoms. The number of aryl methyl sites for hydroxylation is 1. The van der Waals surface area contributed by atoms with Crippen molar-refractivity contribution in [1.82, 2.24) is 10.5 Å². The summed E-state index contributed by atoms with van der Waals surface area (Å²) in [4.78, 5) is 12.1. The first-order valence-corrected chi connectivity index (χ1v) is 5.96. The van der Waals surface area contributed by atoms with Gasteiger partial charge in [-0.25, -0.2) is 0 Å². The first-order valence-electron chi connectivity index (χ1n) is 5.05. The van der Waals surface area contributed by atoms with Crippen molar-refractivity contribution < 1.29 is 9.32 Å². The molecule has 2 atom stereocenters. The molecule has 0 radical (unpaired) electrons. The van der Waals surface area contributed by atoms with Crippen LogP contribution in [0.2, 0.25) is 0 Å². The fourth-order valence-electron chi connectivity index (χ4n) is 1.79. The SMILES string of the molecule is Cc1cc(C(=O)NC2CCCC2Br)no1. The molecule has 1 aromatic rings. The van der Waals surface area contributed by atoms with Crippen LogP contribution in [-0.4, -0.2) is 21.9 Å². The second-order valence-corrected chi connectivity index (χ2v) is 5.03. The third-order valence-electron chi connectivity index (χ3n) is 2.61. The molecule has 1 aromatic heterocycles. The maximum Gasteiger partial charge on any atom is 0.273 e. The Labute approximate surface area is 96.5 Å². The lowest BCUT2D eigenvalue weighted by Crippen LogP contribution is -2.37. The third-order valence-corrected chi connectivity index (χ3v) is 3.70. The van der Waals surface area contributed by atoms with Crippen LogP contribution in [-0.2, 0) is 0 Å². The molecule has 1 N–H and O–H groups in total. The lowest BCUT2D eigenvalue weighted by atomic mass is 10.2. The van der Waals surface area contributed by atoms with Crippen molar-refractivity contribution in [1.29, 1.82) is 0 Å². The zero-order valence-electron chi connectivity index (χ0n) is 8.50. The largest absolute Gasteiger partial charge is 0.361 e. The van der Waals surface area contributed by atoms with E-state index in [0.29, 0.717) is 16.3 Å². The average molecular weight is 273 g/mol. The topological polar surface area (TPSA) is 55.1 Å². The molecule has 1 heterocycles. The summed E-state index contributed by atoms with van der Waals surface area (Å²) < 4.78 is 4.85. The summed E-state index contributed by atoms with van der Waals surface area (Å²) in [6.07, 6.45) is 3.29. The van der Waals surface area contributed by atoms with E-state index in [1.807, 2.05) is 0 Å². The molecule has 1 fully saturated rings. The van der Waals surface area contributed by atoms with Gasteiger partial charge in [-0.05, 0) is 19.8 Å². The second-order valence-electron chi connectivity index (χ2n) is 3.85. The zero-order chi connectivity index (χ0) is 10.8. The van der Waals surface area contributed by atoms with Crippen LogP contribution in [0.5, 0.6) is 0 Å². The van der Waals surface area contributed by atoms with Crippen LogP contribution < -0.4 is 5.32 Å². The number of nitrogens with zero attached hydrogens (tertiary/aromatic N) is 1. The number of hydrogen-bond acceptors (Lipinski definition) is 3. The molecule has 1 aliphatic rings. The van der Waals surface area contributed by atoms with Gasteiger partial charge in [-0.1, -0.05) is 27.5 Å². The Morgan fingerprint density at radius 2 is 2.47 bits per heavy atom. The van der Waals surface area contributed by atoms with E-state index in [4.69, 9.17) is 4.52 Å². The highest BCUT2D eigenvalue weighted by Crippen LogP contribution is 2.25. The van der Waals surface area contributed by atoms with Gasteiger partial charge in [0.2, 0.25) is 0 Å². The summed E-state index contributed by atoms with van der Waals surface area (Å²) in [5.41, 5.74) is 0.360. The monoisotopic (exact) mass is 272 g/mol. The van der Waals surface area contributed by atoms with Crippen molar-refractivity contribution in [2.75, 3.05) is 0 Å². The number of rotatable bonds is 2. The van der Waals surface area contributed by atoms with Gasteiger partial charge in [0.05, 0.1) is 0 Å². The molecule has 0 saturated heterocycles. The number of alkyl halides is 1. The van der Waals surface area contributed by atoms with Gasteiger partial charge in [-0.15, -0.1) is 0 Å². The predicted molar refractivity (Wildman–Crippen MR) is 59.1 cm³/mol. The standard InChI is InChI=1S/C10H13BrN2O2/c1-6-5-9(13-15-6)10(14)12-8-4-2-3-7(8)11/h5,7-8H,2-4H2,1H3,(H,12,14). The van der Waals surface area contributed by atoms with E-state index in [2.05, 4.69) is 26.4 Å². The highest BCUT2D eigenvalue weighted by Gasteiger charge is 2.27. The van der Waals surface area contributed by atoms with Crippen LogP contribution >= 0.6 is 15.9 Å². The molecule has 1 saturated carbocycles. The third kappa shape index (κ3) is 2.40. The summed E-state index contributed by atoms with van der Waals surface area (Å²) in [6, 6.07) is 1.86. The number of hydrogen-bond donors (Lipinski definition) is 1. The Hall–Kier alpha value is -0.840. The second kappa shape index (κ2) is 4.35. The number of amides is 1. The fraction of sp³-hybridized carbons (Fsp3) is 0.600. The van der Waals surface area contributed by atoms with E-state index in [1.165, 1.54) is 0 Å². The van der Waals surface area contributed by atoms with Gasteiger partial charge < -0.3 is 9.84 Å². The molecule has 5 heteroatoms. The first kappa shape index (κ1) is 10.7. The zero-order valence-corrected chi connectivity index (χ0v) is 10.1. The van der Waals surface area contributed by atoms with Crippen LogP contribution in [0.15, 0.2) is 10.6 Å². The van der Waals surface area contributed by atoms with Crippen LogP contribution in [0.25, 0.3) is 0 Å². The molecule has 82 valence electrons. The molecule has 4 nitrogen and oxygen atoms in total. The maximum absolute atomic E-state index is 11.7. The number of aromatic nitrogens is 1. The molecular formula is C10H13BrN2O2.